The maximum absolute atomic E-state index is 5.82. The van der Waals surface area contributed by atoms with Gasteiger partial charge in [-0.2, -0.15) is 0 Å². The zero-order valence-electron chi connectivity index (χ0n) is 15.4. The van der Waals surface area contributed by atoms with Gasteiger partial charge in [-0.1, -0.05) is 49.4 Å². The molecule has 0 fully saturated rings. The first-order chi connectivity index (χ1) is 10.6. The molecule has 2 nitrogen and oxygen atoms in total. The van der Waals surface area contributed by atoms with Crippen LogP contribution in [-0.2, 0) is 4.74 Å². The van der Waals surface area contributed by atoms with Crippen molar-refractivity contribution in [3.05, 3.63) is 23.3 Å². The van der Waals surface area contributed by atoms with E-state index in [1.54, 1.807) is 0 Å². The third kappa shape index (κ3) is 14.4. The van der Waals surface area contributed by atoms with E-state index >= 15 is 0 Å². The quantitative estimate of drug-likeness (QED) is 0.260. The van der Waals surface area contributed by atoms with Crippen LogP contribution in [0.3, 0.4) is 0 Å². The van der Waals surface area contributed by atoms with Crippen LogP contribution in [0.25, 0.3) is 0 Å². The monoisotopic (exact) mass is 305 g/mol. The number of ether oxygens (including phenoxy) is 1. The summed E-state index contributed by atoms with van der Waals surface area (Å²) in [5.74, 6) is 0. The van der Waals surface area contributed by atoms with Crippen LogP contribution in [-0.4, -0.2) is 46.6 Å². The van der Waals surface area contributed by atoms with Gasteiger partial charge >= 0.3 is 0 Å². The van der Waals surface area contributed by atoms with Gasteiger partial charge in [0.05, 0.1) is 14.5 Å². The maximum Gasteiger partial charge on any atom is 0.0712 e. The standard InChI is InChI=1S/C19H36BNO/c1-5-6-7-8-12-19(16-20)13-9-11-18(2)17-22-15-10-14-21(3)4/h11-12H,5-10,13-17H2,1-4H3/b18-11+,19-12+. The fraction of sp³-hybridized carbons (Fsp3) is 0.789. The van der Waals surface area contributed by atoms with E-state index in [9.17, 15) is 0 Å². The second-order valence-electron chi connectivity index (χ2n) is 6.36. The van der Waals surface area contributed by atoms with E-state index in [4.69, 9.17) is 12.6 Å². The average Bonchev–Trinajstić information content (AvgIpc) is 2.49. The van der Waals surface area contributed by atoms with Crippen molar-refractivity contribution in [1.82, 2.24) is 4.90 Å². The predicted molar refractivity (Wildman–Crippen MR) is 99.8 cm³/mol. The fourth-order valence-electron chi connectivity index (χ4n) is 2.27. The number of unbranched alkanes of at least 4 members (excludes halogenated alkanes) is 3. The molecular formula is C19H36BNO. The van der Waals surface area contributed by atoms with E-state index in [0.717, 1.165) is 39.0 Å². The second-order valence-corrected chi connectivity index (χ2v) is 6.36. The first kappa shape index (κ1) is 21.5. The van der Waals surface area contributed by atoms with E-state index in [-0.39, 0.29) is 0 Å². The van der Waals surface area contributed by atoms with Crippen LogP contribution in [0, 0.1) is 0 Å². The lowest BCUT2D eigenvalue weighted by atomic mass is 9.92. The molecule has 0 rings (SSSR count). The first-order valence-electron chi connectivity index (χ1n) is 8.86. The smallest absolute Gasteiger partial charge is 0.0712 e. The molecule has 126 valence electrons. The Morgan fingerprint density at radius 3 is 2.50 bits per heavy atom. The third-order valence-electron chi connectivity index (χ3n) is 3.68. The van der Waals surface area contributed by atoms with Gasteiger partial charge in [0.2, 0.25) is 0 Å². The summed E-state index contributed by atoms with van der Waals surface area (Å²) in [6.45, 7) is 7.08. The topological polar surface area (TPSA) is 12.5 Å². The largest absolute Gasteiger partial charge is 0.377 e. The molecule has 0 saturated carbocycles. The molecule has 2 radical (unpaired) electrons. The van der Waals surface area contributed by atoms with E-state index in [1.807, 2.05) is 0 Å². The van der Waals surface area contributed by atoms with Crippen LogP contribution in [0.15, 0.2) is 23.3 Å². The minimum atomic E-state index is 0.694. The summed E-state index contributed by atoms with van der Waals surface area (Å²) in [6, 6.07) is 0. The Morgan fingerprint density at radius 2 is 1.86 bits per heavy atom. The van der Waals surface area contributed by atoms with E-state index in [1.165, 1.54) is 36.8 Å². The van der Waals surface area contributed by atoms with Crippen LogP contribution < -0.4 is 0 Å². The molecule has 22 heavy (non-hydrogen) atoms. The Balaban J connectivity index is 3.78. The van der Waals surface area contributed by atoms with Crippen LogP contribution in [0.1, 0.15) is 58.8 Å². The molecule has 0 aromatic heterocycles. The van der Waals surface area contributed by atoms with Gasteiger partial charge in [0.15, 0.2) is 0 Å². The Morgan fingerprint density at radius 1 is 1.09 bits per heavy atom. The molecule has 0 atom stereocenters. The van der Waals surface area contributed by atoms with Crippen LogP contribution in [0.4, 0.5) is 0 Å². The van der Waals surface area contributed by atoms with Crippen molar-refractivity contribution in [2.24, 2.45) is 0 Å². The van der Waals surface area contributed by atoms with Crippen molar-refractivity contribution in [2.75, 3.05) is 33.9 Å². The highest BCUT2D eigenvalue weighted by Crippen LogP contribution is 2.13. The highest BCUT2D eigenvalue weighted by molar-refractivity contribution is 6.10. The predicted octanol–water partition coefficient (Wildman–Crippen LogP) is 4.77. The number of allylic oxidation sites excluding steroid dienone is 3. The summed E-state index contributed by atoms with van der Waals surface area (Å²) in [5, 5.41) is 0. The lowest BCUT2D eigenvalue weighted by molar-refractivity contribution is 0.146. The van der Waals surface area contributed by atoms with Crippen molar-refractivity contribution in [3.63, 3.8) is 0 Å². The summed E-state index contributed by atoms with van der Waals surface area (Å²) in [7, 11) is 10.0. The minimum absolute atomic E-state index is 0.694. The van der Waals surface area contributed by atoms with Gasteiger partial charge in [0, 0.05) is 6.61 Å². The van der Waals surface area contributed by atoms with Crippen molar-refractivity contribution >= 4 is 7.85 Å². The molecule has 0 saturated heterocycles. The Kier molecular flexibility index (Phi) is 15.0. The molecule has 0 aliphatic rings. The molecule has 0 unspecified atom stereocenters. The van der Waals surface area contributed by atoms with Gasteiger partial charge in [-0.25, -0.2) is 0 Å². The first-order valence-corrected chi connectivity index (χ1v) is 8.86. The van der Waals surface area contributed by atoms with Crippen molar-refractivity contribution in [1.29, 1.82) is 0 Å². The average molecular weight is 305 g/mol. The molecule has 0 heterocycles. The molecule has 0 aliphatic carbocycles. The number of nitrogens with zero attached hydrogens (tertiary/aromatic N) is 1. The molecule has 3 heteroatoms. The summed E-state index contributed by atoms with van der Waals surface area (Å²) in [5.41, 5.74) is 2.72. The van der Waals surface area contributed by atoms with Crippen molar-refractivity contribution in [2.45, 2.75) is 65.1 Å². The van der Waals surface area contributed by atoms with Crippen molar-refractivity contribution < 1.29 is 4.74 Å². The van der Waals surface area contributed by atoms with Gasteiger partial charge in [-0.15, -0.1) is 0 Å². The highest BCUT2D eigenvalue weighted by Gasteiger charge is 1.96. The summed E-state index contributed by atoms with van der Waals surface area (Å²) in [6.07, 6.45) is 13.6. The molecule has 0 amide bonds. The molecule has 0 spiro atoms. The Hall–Kier alpha value is -0.535. The maximum atomic E-state index is 5.82. The zero-order chi connectivity index (χ0) is 16.6. The Labute approximate surface area is 140 Å². The molecule has 0 bridgehead atoms. The van der Waals surface area contributed by atoms with Crippen LogP contribution in [0.5, 0.6) is 0 Å². The van der Waals surface area contributed by atoms with Crippen LogP contribution in [0.2, 0.25) is 6.32 Å². The van der Waals surface area contributed by atoms with Gasteiger partial charge < -0.3 is 9.64 Å². The van der Waals surface area contributed by atoms with Gasteiger partial charge in [0.25, 0.3) is 0 Å². The minimum Gasteiger partial charge on any atom is -0.377 e. The lowest BCUT2D eigenvalue weighted by Gasteiger charge is -2.09. The fourth-order valence-corrected chi connectivity index (χ4v) is 2.27. The van der Waals surface area contributed by atoms with E-state index in [0.29, 0.717) is 6.32 Å². The van der Waals surface area contributed by atoms with Gasteiger partial charge in [-0.05, 0) is 59.7 Å². The number of rotatable bonds is 14. The summed E-state index contributed by atoms with van der Waals surface area (Å²) < 4.78 is 5.69. The van der Waals surface area contributed by atoms with Crippen LogP contribution >= 0.6 is 0 Å². The highest BCUT2D eigenvalue weighted by atomic mass is 16.5. The van der Waals surface area contributed by atoms with E-state index < -0.39 is 0 Å². The zero-order valence-corrected chi connectivity index (χ0v) is 15.4. The summed E-state index contributed by atoms with van der Waals surface area (Å²) in [4.78, 5) is 2.19. The summed E-state index contributed by atoms with van der Waals surface area (Å²) >= 11 is 0. The van der Waals surface area contributed by atoms with E-state index in [2.05, 4.69) is 45.0 Å². The SMILES string of the molecule is [B]C/C(=C/CCCCC)CC/C=C(\C)COCCCN(C)C. The van der Waals surface area contributed by atoms with Crippen molar-refractivity contribution in [3.8, 4) is 0 Å². The molecule has 0 aliphatic heterocycles. The number of hydrogen-bond donors (Lipinski definition) is 0. The molecule has 0 aromatic rings. The second kappa shape index (κ2) is 15.4. The third-order valence-corrected chi connectivity index (χ3v) is 3.68. The lowest BCUT2D eigenvalue weighted by Crippen LogP contribution is -2.15. The molecular weight excluding hydrogens is 269 g/mol. The van der Waals surface area contributed by atoms with Gasteiger partial charge in [0.1, 0.15) is 0 Å². The molecule has 0 aromatic carbocycles. The molecule has 0 N–H and O–H groups in total. The van der Waals surface area contributed by atoms with Gasteiger partial charge in [-0.3, -0.25) is 0 Å². The Bertz CT molecular complexity index is 311. The normalized spacial score (nSPS) is 13.1. The number of hydrogen-bond acceptors (Lipinski definition) is 2.